The van der Waals surface area contributed by atoms with Crippen LogP contribution in [0.3, 0.4) is 0 Å². The van der Waals surface area contributed by atoms with Crippen molar-refractivity contribution in [3.8, 4) is 0 Å². The Morgan fingerprint density at radius 2 is 0.644 bits per heavy atom. The highest BCUT2D eigenvalue weighted by molar-refractivity contribution is 8.01. The molecule has 4 heterocycles. The van der Waals surface area contributed by atoms with Crippen LogP contribution in [0.1, 0.15) is 0 Å². The van der Waals surface area contributed by atoms with Crippen LogP contribution in [-0.2, 0) is 18.9 Å². The summed E-state index contributed by atoms with van der Waals surface area (Å²) in [6.45, 7) is -2.78. The lowest BCUT2D eigenvalue weighted by atomic mass is 10.0. The molecule has 264 valence electrons. The maximum atomic E-state index is 11.0. The van der Waals surface area contributed by atoms with E-state index in [9.17, 15) is 71.5 Å². The van der Waals surface area contributed by atoms with E-state index in [0.29, 0.717) is 35.3 Å². The van der Waals surface area contributed by atoms with Crippen LogP contribution < -0.4 is 0 Å². The standard InChI is InChI=1S/C24H42O18S3/c25-1-5-9(29)10(30)15(35)22(40-5)44-19-7(3-27)42-24(17(37)12(19)32)45-20-8(4-28)41-23(16(36)13(20)33)43-18-6(2-26)39-21(38)14(34)11(18)31/h5-38H,1-4H2/t5-,6-,7-,8-,9-,10+,11-,12-,13-,14-,15-,16-,17-,18-,19-,20-,21-,22+,23+,24+/m1/s1. The summed E-state index contributed by atoms with van der Waals surface area (Å²) in [6.07, 6.45) is -21.7. The van der Waals surface area contributed by atoms with E-state index in [4.69, 9.17) is 18.9 Å². The highest BCUT2D eigenvalue weighted by Gasteiger charge is 2.54. The summed E-state index contributed by atoms with van der Waals surface area (Å²) in [5.74, 6) is 0. The zero-order valence-electron chi connectivity index (χ0n) is 23.5. The third-order valence-corrected chi connectivity index (χ3v) is 12.9. The molecule has 0 aromatic heterocycles. The molecule has 0 saturated carbocycles. The summed E-state index contributed by atoms with van der Waals surface area (Å²) in [6, 6.07) is 0. The average molecular weight is 715 g/mol. The van der Waals surface area contributed by atoms with Gasteiger partial charge >= 0.3 is 0 Å². The third-order valence-electron chi connectivity index (χ3n) is 8.20. The predicted molar refractivity (Wildman–Crippen MR) is 153 cm³/mol. The first kappa shape index (κ1) is 38.1. The normalized spacial score (nSPS) is 52.9. The lowest BCUT2D eigenvalue weighted by Crippen LogP contribution is -2.62. The summed E-state index contributed by atoms with van der Waals surface area (Å²) >= 11 is 2.08. The Labute approximate surface area is 269 Å². The highest BCUT2D eigenvalue weighted by Crippen LogP contribution is 2.44. The van der Waals surface area contributed by atoms with Gasteiger partial charge in [-0.05, 0) is 0 Å². The molecule has 0 amide bonds. The molecule has 0 radical (unpaired) electrons. The number of hydrogen-bond donors (Lipinski definition) is 14. The average Bonchev–Trinajstić information content (AvgIpc) is 3.03. The predicted octanol–water partition coefficient (Wildman–Crippen LogP) is -7.60. The second-order valence-corrected chi connectivity index (χ2v) is 15.0. The van der Waals surface area contributed by atoms with Gasteiger partial charge in [0.25, 0.3) is 0 Å². The van der Waals surface area contributed by atoms with E-state index in [1.54, 1.807) is 0 Å². The van der Waals surface area contributed by atoms with E-state index in [-0.39, 0.29) is 0 Å². The molecule has 4 saturated heterocycles. The van der Waals surface area contributed by atoms with Gasteiger partial charge in [0.2, 0.25) is 0 Å². The molecule has 0 unspecified atom stereocenters. The largest absolute Gasteiger partial charge is 0.394 e. The van der Waals surface area contributed by atoms with Crippen molar-refractivity contribution in [3.05, 3.63) is 0 Å². The van der Waals surface area contributed by atoms with Gasteiger partial charge in [0.15, 0.2) is 6.29 Å². The molecule has 0 spiro atoms. The Morgan fingerprint density at radius 1 is 0.333 bits per heavy atom. The third kappa shape index (κ3) is 7.89. The number of aliphatic hydroxyl groups is 14. The van der Waals surface area contributed by atoms with Gasteiger partial charge in [-0.1, -0.05) is 0 Å². The Balaban J connectivity index is 1.43. The number of ether oxygens (including phenoxy) is 4. The summed E-state index contributed by atoms with van der Waals surface area (Å²) in [5.41, 5.74) is -4.00. The van der Waals surface area contributed by atoms with Gasteiger partial charge in [0, 0.05) is 0 Å². The first-order valence-corrected chi connectivity index (χ1v) is 16.9. The zero-order chi connectivity index (χ0) is 33.3. The molecule has 21 heteroatoms. The van der Waals surface area contributed by atoms with E-state index in [0.717, 1.165) is 0 Å². The van der Waals surface area contributed by atoms with Crippen molar-refractivity contribution in [2.24, 2.45) is 0 Å². The zero-order valence-corrected chi connectivity index (χ0v) is 25.9. The van der Waals surface area contributed by atoms with Crippen molar-refractivity contribution in [1.29, 1.82) is 0 Å². The van der Waals surface area contributed by atoms with Crippen molar-refractivity contribution in [1.82, 2.24) is 0 Å². The van der Waals surface area contributed by atoms with Crippen LogP contribution in [0.15, 0.2) is 0 Å². The van der Waals surface area contributed by atoms with Crippen LogP contribution in [-0.4, -0.2) is 216 Å². The Morgan fingerprint density at radius 3 is 1.02 bits per heavy atom. The first-order chi connectivity index (χ1) is 21.3. The van der Waals surface area contributed by atoms with Gasteiger partial charge in [-0.25, -0.2) is 0 Å². The van der Waals surface area contributed by atoms with Crippen LogP contribution in [0.5, 0.6) is 0 Å². The molecule has 45 heavy (non-hydrogen) atoms. The summed E-state index contributed by atoms with van der Waals surface area (Å²) in [7, 11) is 0. The summed E-state index contributed by atoms with van der Waals surface area (Å²) < 4.78 is 22.2. The van der Waals surface area contributed by atoms with E-state index in [1.807, 2.05) is 0 Å². The van der Waals surface area contributed by atoms with Gasteiger partial charge in [0.05, 0.1) is 78.8 Å². The molecule has 4 rings (SSSR count). The minimum absolute atomic E-state index is 0.674. The van der Waals surface area contributed by atoms with Crippen molar-refractivity contribution < 1.29 is 90.4 Å². The van der Waals surface area contributed by atoms with Gasteiger partial charge in [0.1, 0.15) is 59.0 Å². The molecule has 0 aromatic rings. The fraction of sp³-hybridized carbons (Fsp3) is 1.00. The number of aliphatic hydroxyl groups excluding tert-OH is 14. The molecule has 0 aromatic carbocycles. The number of hydrogen-bond acceptors (Lipinski definition) is 21. The number of thioether (sulfide) groups is 3. The molecule has 4 aliphatic rings. The Bertz CT molecular complexity index is 923. The van der Waals surface area contributed by atoms with Crippen molar-refractivity contribution >= 4 is 35.3 Å². The smallest absolute Gasteiger partial charge is 0.183 e. The Hall–Kier alpha value is 0.330. The second-order valence-electron chi connectivity index (χ2n) is 11.1. The monoisotopic (exact) mass is 714 g/mol. The van der Waals surface area contributed by atoms with Crippen LogP contribution in [0.25, 0.3) is 0 Å². The van der Waals surface area contributed by atoms with Gasteiger partial charge in [-0.3, -0.25) is 0 Å². The molecule has 0 aliphatic carbocycles. The molecule has 14 N–H and O–H groups in total. The van der Waals surface area contributed by atoms with E-state index < -0.39 is 144 Å². The van der Waals surface area contributed by atoms with Gasteiger partial charge < -0.3 is 90.4 Å². The quantitative estimate of drug-likeness (QED) is 0.0999. The van der Waals surface area contributed by atoms with E-state index in [2.05, 4.69) is 0 Å². The lowest BCUT2D eigenvalue weighted by molar-refractivity contribution is -0.249. The minimum Gasteiger partial charge on any atom is -0.394 e. The topological polar surface area (TPSA) is 320 Å². The van der Waals surface area contributed by atoms with Crippen molar-refractivity contribution in [2.45, 2.75) is 118 Å². The molecule has 0 bridgehead atoms. The highest BCUT2D eigenvalue weighted by atomic mass is 32.2. The van der Waals surface area contributed by atoms with Gasteiger partial charge in [-0.15, -0.1) is 35.3 Å². The fourth-order valence-electron chi connectivity index (χ4n) is 5.55. The van der Waals surface area contributed by atoms with Crippen molar-refractivity contribution in [3.63, 3.8) is 0 Å². The number of rotatable bonds is 10. The fourth-order valence-corrected chi connectivity index (χ4v) is 10.0. The second kappa shape index (κ2) is 16.4. The maximum Gasteiger partial charge on any atom is 0.183 e. The maximum absolute atomic E-state index is 11.0. The van der Waals surface area contributed by atoms with Gasteiger partial charge in [-0.2, -0.15) is 0 Å². The van der Waals surface area contributed by atoms with E-state index in [1.165, 1.54) is 0 Å². The van der Waals surface area contributed by atoms with Crippen molar-refractivity contribution in [2.75, 3.05) is 26.4 Å². The van der Waals surface area contributed by atoms with Crippen LogP contribution >= 0.6 is 35.3 Å². The first-order valence-electron chi connectivity index (χ1n) is 14.1. The molecule has 4 fully saturated rings. The Kier molecular flexibility index (Phi) is 13.9. The minimum atomic E-state index is -1.78. The van der Waals surface area contributed by atoms with Crippen LogP contribution in [0.2, 0.25) is 0 Å². The summed E-state index contributed by atoms with van der Waals surface area (Å²) in [5, 5.41) is 140. The molecule has 4 aliphatic heterocycles. The molecular weight excluding hydrogens is 672 g/mol. The molecule has 18 nitrogen and oxygen atoms in total. The molecule has 20 atom stereocenters. The van der Waals surface area contributed by atoms with Crippen LogP contribution in [0.4, 0.5) is 0 Å². The summed E-state index contributed by atoms with van der Waals surface area (Å²) in [4.78, 5) is 0. The lowest BCUT2D eigenvalue weighted by Gasteiger charge is -2.48. The van der Waals surface area contributed by atoms with Crippen LogP contribution in [0, 0.1) is 0 Å². The molecular formula is C24H42O18S3. The van der Waals surface area contributed by atoms with E-state index >= 15 is 0 Å². The SMILES string of the molecule is OC[C@H]1O[C@@H](S[C@H]2[C@H](O)[C@@H](O)[C@H](S[C@H]3[C@H](O)[C@@H](O)[C@H](S[C@H]4[C@H](O)[C@@H](O)[C@H](O)O[C@@H]4CO)O[C@@H]3CO)O[C@@H]2CO)[C@H](O)[C@@H](O)[C@@H]1O.